The minimum absolute atomic E-state index is 0.487. The van der Waals surface area contributed by atoms with E-state index in [1.165, 1.54) is 16.7 Å². The van der Waals surface area contributed by atoms with Crippen LogP contribution in [0.25, 0.3) is 0 Å². The molecule has 1 rings (SSSR count). The van der Waals surface area contributed by atoms with Crippen molar-refractivity contribution < 1.29 is 0 Å². The van der Waals surface area contributed by atoms with E-state index in [-0.39, 0.29) is 0 Å². The fourth-order valence-electron chi connectivity index (χ4n) is 3.20. The van der Waals surface area contributed by atoms with Gasteiger partial charge in [0.1, 0.15) is 6.71 Å². The van der Waals surface area contributed by atoms with Crippen molar-refractivity contribution in [3.8, 4) is 0 Å². The summed E-state index contributed by atoms with van der Waals surface area (Å²) in [5.41, 5.74) is 10.2. The van der Waals surface area contributed by atoms with Crippen molar-refractivity contribution in [2.75, 3.05) is 0 Å². The van der Waals surface area contributed by atoms with Crippen LogP contribution in [0.15, 0.2) is 89.8 Å². The predicted octanol–water partition coefficient (Wildman–Crippen LogP) is 7.76. The summed E-state index contributed by atoms with van der Waals surface area (Å²) in [6, 6.07) is 0. The second-order valence-electron chi connectivity index (χ2n) is 7.81. The van der Waals surface area contributed by atoms with E-state index in [1.807, 2.05) is 0 Å². The lowest BCUT2D eigenvalue weighted by molar-refractivity contribution is 0.605. The van der Waals surface area contributed by atoms with Crippen LogP contribution in [-0.2, 0) is 0 Å². The summed E-state index contributed by atoms with van der Waals surface area (Å²) in [4.78, 5) is 0. The number of allylic oxidation sites excluding steroid dienone is 10. The van der Waals surface area contributed by atoms with E-state index < -0.39 is 0 Å². The van der Waals surface area contributed by atoms with E-state index in [2.05, 4.69) is 84.7 Å². The molecular formula is C25H35B. The van der Waals surface area contributed by atoms with Crippen LogP contribution < -0.4 is 0 Å². The van der Waals surface area contributed by atoms with Gasteiger partial charge in [0.2, 0.25) is 0 Å². The van der Waals surface area contributed by atoms with E-state index in [9.17, 15) is 0 Å². The van der Waals surface area contributed by atoms with Crippen LogP contribution in [0.5, 0.6) is 0 Å². The number of hydrogen-bond donors (Lipinski definition) is 0. The molecule has 0 bridgehead atoms. The Kier molecular flexibility index (Phi) is 8.69. The Morgan fingerprint density at radius 2 is 2.04 bits per heavy atom. The largest absolute Gasteiger partial charge is 0.141 e. The molecule has 0 nitrogen and oxygen atoms in total. The monoisotopic (exact) mass is 346 g/mol. The second-order valence-corrected chi connectivity index (χ2v) is 7.81. The van der Waals surface area contributed by atoms with Crippen molar-refractivity contribution >= 4 is 6.71 Å². The number of hydrogen-bond acceptors (Lipinski definition) is 0. The highest BCUT2D eigenvalue weighted by Gasteiger charge is 2.21. The second kappa shape index (κ2) is 10.2. The lowest BCUT2D eigenvalue weighted by Gasteiger charge is -2.23. The molecule has 0 spiro atoms. The summed E-state index contributed by atoms with van der Waals surface area (Å²) in [7, 11) is 0. The smallest absolute Gasteiger partial charge is 0.121 e. The zero-order valence-corrected chi connectivity index (χ0v) is 17.5. The minimum Gasteiger partial charge on any atom is -0.121 e. The third-order valence-electron chi connectivity index (χ3n) is 5.68. The molecule has 1 aliphatic carbocycles. The van der Waals surface area contributed by atoms with Gasteiger partial charge in [0.05, 0.1) is 0 Å². The molecule has 0 fully saturated rings. The van der Waals surface area contributed by atoms with Gasteiger partial charge >= 0.3 is 0 Å². The van der Waals surface area contributed by atoms with Crippen LogP contribution in [0.4, 0.5) is 0 Å². The number of rotatable bonds is 6. The van der Waals surface area contributed by atoms with Crippen LogP contribution in [0.3, 0.4) is 0 Å². The molecule has 138 valence electrons. The van der Waals surface area contributed by atoms with E-state index in [0.717, 1.165) is 36.0 Å². The topological polar surface area (TPSA) is 0 Å². The van der Waals surface area contributed by atoms with Crippen molar-refractivity contribution in [2.45, 2.75) is 59.5 Å². The Hall–Kier alpha value is -1.98. The standard InChI is InChI=1S/C25H35B/c1-10-23(11-2)17-20(5)21(6)24-16-15-19(4)18(3)13-12-14-25(24)22(7)26(8)9/h10,12,14,17,19,22H,1-3,6,13,15-16H2,4-5,7-9H3/b14-12?,20-17+,25-24-/t19-,22?/m1/s1. The molecule has 0 heterocycles. The molecule has 0 N–H and O–H groups in total. The van der Waals surface area contributed by atoms with Crippen LogP contribution in [0.2, 0.25) is 19.5 Å². The van der Waals surface area contributed by atoms with Gasteiger partial charge < -0.3 is 0 Å². The fourth-order valence-corrected chi connectivity index (χ4v) is 3.20. The van der Waals surface area contributed by atoms with E-state index in [1.54, 1.807) is 6.08 Å². The molecule has 0 saturated carbocycles. The molecule has 0 amide bonds. The highest BCUT2D eigenvalue weighted by molar-refractivity contribution is 6.58. The maximum absolute atomic E-state index is 4.46. The van der Waals surface area contributed by atoms with Crippen molar-refractivity contribution in [3.05, 3.63) is 89.8 Å². The molecule has 2 atom stereocenters. The average Bonchev–Trinajstić information content (AvgIpc) is 2.68. The first-order chi connectivity index (χ1) is 12.2. The van der Waals surface area contributed by atoms with E-state index in [0.29, 0.717) is 18.4 Å². The van der Waals surface area contributed by atoms with Gasteiger partial charge in [-0.05, 0) is 66.3 Å². The maximum Gasteiger partial charge on any atom is 0.141 e. The lowest BCUT2D eigenvalue weighted by Crippen LogP contribution is -2.13. The van der Waals surface area contributed by atoms with Crippen molar-refractivity contribution in [2.24, 2.45) is 5.92 Å². The molecule has 0 aliphatic heterocycles. The van der Waals surface area contributed by atoms with Crippen LogP contribution in [-0.4, -0.2) is 6.71 Å². The van der Waals surface area contributed by atoms with Gasteiger partial charge in [0.25, 0.3) is 0 Å². The molecule has 1 unspecified atom stereocenters. The van der Waals surface area contributed by atoms with Gasteiger partial charge in [-0.2, -0.15) is 0 Å². The molecular weight excluding hydrogens is 311 g/mol. The Morgan fingerprint density at radius 3 is 2.58 bits per heavy atom. The molecule has 0 saturated heterocycles. The summed E-state index contributed by atoms with van der Waals surface area (Å²) in [6.07, 6.45) is 11.6. The molecule has 0 aromatic heterocycles. The predicted molar refractivity (Wildman–Crippen MR) is 121 cm³/mol. The van der Waals surface area contributed by atoms with Gasteiger partial charge in [-0.15, -0.1) is 5.73 Å². The van der Waals surface area contributed by atoms with Gasteiger partial charge in [0.15, 0.2) is 0 Å². The van der Waals surface area contributed by atoms with Gasteiger partial charge in [-0.25, -0.2) is 0 Å². The fraction of sp³-hybridized carbons (Fsp3) is 0.400. The SMILES string of the molecule is C=C=C(C=C)/C=C(\C)C(=C)/C1=C(\C(C)B(C)C)C=CCC(=C)[C@H](C)CC1. The summed E-state index contributed by atoms with van der Waals surface area (Å²) in [5, 5.41) is 0. The summed E-state index contributed by atoms with van der Waals surface area (Å²) < 4.78 is 0. The third-order valence-corrected chi connectivity index (χ3v) is 5.68. The average molecular weight is 346 g/mol. The van der Waals surface area contributed by atoms with Gasteiger partial charge in [-0.1, -0.05) is 77.6 Å². The summed E-state index contributed by atoms with van der Waals surface area (Å²) in [6.45, 7) is 28.2. The van der Waals surface area contributed by atoms with E-state index in [4.69, 9.17) is 0 Å². The lowest BCUT2D eigenvalue weighted by atomic mass is 9.43. The Bertz CT molecular complexity index is 702. The molecule has 1 aliphatic rings. The molecule has 26 heavy (non-hydrogen) atoms. The van der Waals surface area contributed by atoms with Crippen LogP contribution in [0.1, 0.15) is 40.0 Å². The maximum atomic E-state index is 4.46. The minimum atomic E-state index is 0.487. The first-order valence-corrected chi connectivity index (χ1v) is 9.70. The van der Waals surface area contributed by atoms with Gasteiger partial charge in [0, 0.05) is 5.57 Å². The zero-order chi connectivity index (χ0) is 19.9. The molecule has 0 aromatic rings. The van der Waals surface area contributed by atoms with Gasteiger partial charge in [-0.3, -0.25) is 0 Å². The van der Waals surface area contributed by atoms with Crippen molar-refractivity contribution in [3.63, 3.8) is 0 Å². The normalized spacial score (nSPS) is 22.6. The van der Waals surface area contributed by atoms with Crippen LogP contribution in [0, 0.1) is 5.92 Å². The first-order valence-electron chi connectivity index (χ1n) is 9.70. The highest BCUT2D eigenvalue weighted by Crippen LogP contribution is 2.36. The molecule has 1 heteroatoms. The van der Waals surface area contributed by atoms with E-state index >= 15 is 0 Å². The van der Waals surface area contributed by atoms with Crippen molar-refractivity contribution in [1.82, 2.24) is 0 Å². The third kappa shape index (κ3) is 5.78. The van der Waals surface area contributed by atoms with Crippen molar-refractivity contribution in [1.29, 1.82) is 0 Å². The van der Waals surface area contributed by atoms with Crippen LogP contribution >= 0.6 is 0 Å². The molecule has 0 radical (unpaired) electrons. The Balaban J connectivity index is 3.45. The summed E-state index contributed by atoms with van der Waals surface area (Å²) in [5.74, 6) is 1.01. The first kappa shape index (κ1) is 22.1. The Labute approximate surface area is 162 Å². The highest BCUT2D eigenvalue weighted by atomic mass is 14.2. The Morgan fingerprint density at radius 1 is 1.38 bits per heavy atom. The quantitative estimate of drug-likeness (QED) is 0.199. The zero-order valence-electron chi connectivity index (χ0n) is 17.5. The molecule has 0 aromatic carbocycles. The summed E-state index contributed by atoms with van der Waals surface area (Å²) >= 11 is 0.